The number of aromatic carboxylic acids is 1. The Labute approximate surface area is 219 Å². The van der Waals surface area contributed by atoms with Crippen LogP contribution in [0.3, 0.4) is 0 Å². The topological polar surface area (TPSA) is 181 Å². The van der Waals surface area contributed by atoms with Gasteiger partial charge in [0.15, 0.2) is 5.58 Å². The molecule has 0 radical (unpaired) electrons. The van der Waals surface area contributed by atoms with Crippen LogP contribution >= 0.6 is 0 Å². The SMILES string of the molecule is C[C@H](NC(=O)c1cc(C(=O)NCc2ccc3oc(=O)n(C)c3c2)n2cc(O)nc2n1)c1ccc(C(=O)O)cc1. The van der Waals surface area contributed by atoms with E-state index in [1.165, 1.54) is 33.4 Å². The van der Waals surface area contributed by atoms with Crippen molar-refractivity contribution in [3.8, 4) is 5.88 Å². The van der Waals surface area contributed by atoms with Gasteiger partial charge >= 0.3 is 11.7 Å². The van der Waals surface area contributed by atoms with Crippen LogP contribution in [-0.2, 0) is 13.6 Å². The van der Waals surface area contributed by atoms with Crippen LogP contribution in [0.1, 0.15) is 55.4 Å². The molecule has 0 saturated carbocycles. The Bertz CT molecular complexity index is 1820. The summed E-state index contributed by atoms with van der Waals surface area (Å²) in [5, 5.41) is 24.5. The lowest BCUT2D eigenvalue weighted by atomic mass is 10.1. The van der Waals surface area contributed by atoms with Crippen molar-refractivity contribution in [1.29, 1.82) is 0 Å². The third kappa shape index (κ3) is 4.92. The molecular formula is C26H22N6O7. The molecule has 2 aromatic carbocycles. The number of oxazole rings is 1. The van der Waals surface area contributed by atoms with Gasteiger partial charge in [-0.15, -0.1) is 0 Å². The van der Waals surface area contributed by atoms with Crippen LogP contribution in [0.25, 0.3) is 16.9 Å². The van der Waals surface area contributed by atoms with Crippen molar-refractivity contribution in [1.82, 2.24) is 29.6 Å². The zero-order chi connectivity index (χ0) is 27.8. The van der Waals surface area contributed by atoms with Gasteiger partial charge in [0.2, 0.25) is 11.7 Å². The molecule has 2 amide bonds. The number of nitrogens with one attached hydrogen (secondary N) is 2. The molecule has 0 aliphatic carbocycles. The Morgan fingerprint density at radius 1 is 1.05 bits per heavy atom. The molecule has 0 bridgehead atoms. The largest absolute Gasteiger partial charge is 0.492 e. The number of hydrogen-bond donors (Lipinski definition) is 4. The summed E-state index contributed by atoms with van der Waals surface area (Å²) in [5.41, 5.74) is 2.38. The molecule has 39 heavy (non-hydrogen) atoms. The number of imidazole rings is 1. The van der Waals surface area contributed by atoms with E-state index < -0.39 is 29.6 Å². The predicted molar refractivity (Wildman–Crippen MR) is 137 cm³/mol. The summed E-state index contributed by atoms with van der Waals surface area (Å²) < 4.78 is 7.74. The van der Waals surface area contributed by atoms with Gasteiger partial charge in [-0.2, -0.15) is 4.98 Å². The number of aromatic hydroxyl groups is 1. The van der Waals surface area contributed by atoms with E-state index >= 15 is 0 Å². The number of carboxylic acid groups (broad SMARTS) is 1. The molecule has 5 rings (SSSR count). The Hall–Kier alpha value is -5.46. The number of aromatic nitrogens is 4. The second-order valence-corrected chi connectivity index (χ2v) is 8.83. The normalized spacial score (nSPS) is 11.9. The van der Waals surface area contributed by atoms with E-state index in [0.717, 1.165) is 0 Å². The number of hydrogen-bond acceptors (Lipinski definition) is 8. The van der Waals surface area contributed by atoms with Gasteiger partial charge in [-0.3, -0.25) is 18.6 Å². The lowest BCUT2D eigenvalue weighted by Crippen LogP contribution is -2.30. The second-order valence-electron chi connectivity index (χ2n) is 8.83. The highest BCUT2D eigenvalue weighted by Gasteiger charge is 2.20. The third-order valence-corrected chi connectivity index (χ3v) is 6.21. The van der Waals surface area contributed by atoms with Crippen molar-refractivity contribution in [3.63, 3.8) is 0 Å². The van der Waals surface area contributed by atoms with Crippen molar-refractivity contribution in [2.24, 2.45) is 7.05 Å². The lowest BCUT2D eigenvalue weighted by Gasteiger charge is -2.15. The monoisotopic (exact) mass is 530 g/mol. The molecule has 198 valence electrons. The zero-order valence-corrected chi connectivity index (χ0v) is 20.7. The average Bonchev–Trinajstić information content (AvgIpc) is 3.44. The minimum Gasteiger partial charge on any atom is -0.492 e. The fourth-order valence-electron chi connectivity index (χ4n) is 4.07. The van der Waals surface area contributed by atoms with E-state index in [-0.39, 0.29) is 35.2 Å². The Morgan fingerprint density at radius 2 is 1.79 bits per heavy atom. The molecule has 1 atom stereocenters. The summed E-state index contributed by atoms with van der Waals surface area (Å²) in [4.78, 5) is 57.1. The van der Waals surface area contributed by atoms with E-state index in [4.69, 9.17) is 9.52 Å². The first-order valence-electron chi connectivity index (χ1n) is 11.7. The van der Waals surface area contributed by atoms with Gasteiger partial charge in [0.1, 0.15) is 11.4 Å². The standard InChI is InChI=1S/C26H22N6O7/c1-13(15-4-6-16(7-5-15)24(36)37)28-22(34)17-10-19(32-12-21(33)30-25(32)29-17)23(35)27-11-14-3-8-20-18(9-14)31(2)26(38)39-20/h3-10,12-13,33H,11H2,1-2H3,(H,27,35)(H,28,34)(H,36,37)/t13-/m0/s1. The first-order valence-corrected chi connectivity index (χ1v) is 11.7. The second kappa shape index (κ2) is 9.78. The Morgan fingerprint density at radius 3 is 2.51 bits per heavy atom. The van der Waals surface area contributed by atoms with E-state index in [9.17, 15) is 24.3 Å². The van der Waals surface area contributed by atoms with E-state index in [2.05, 4.69) is 20.6 Å². The van der Waals surface area contributed by atoms with Crippen molar-refractivity contribution < 1.29 is 29.0 Å². The molecule has 13 nitrogen and oxygen atoms in total. The number of fused-ring (bicyclic) bond motifs is 2. The molecule has 0 saturated heterocycles. The third-order valence-electron chi connectivity index (χ3n) is 6.21. The average molecular weight is 530 g/mol. The molecule has 0 spiro atoms. The number of nitrogens with zero attached hydrogens (tertiary/aromatic N) is 4. The molecule has 0 fully saturated rings. The van der Waals surface area contributed by atoms with Crippen molar-refractivity contribution >= 4 is 34.7 Å². The zero-order valence-electron chi connectivity index (χ0n) is 20.7. The molecule has 5 aromatic rings. The highest BCUT2D eigenvalue weighted by Crippen LogP contribution is 2.18. The number of benzene rings is 2. The number of carbonyl (C=O) groups is 3. The number of carbonyl (C=O) groups excluding carboxylic acids is 2. The molecule has 0 aliphatic heterocycles. The maximum absolute atomic E-state index is 13.2. The number of rotatable bonds is 7. The van der Waals surface area contributed by atoms with Gasteiger partial charge < -0.3 is 25.3 Å². The maximum Gasteiger partial charge on any atom is 0.419 e. The van der Waals surface area contributed by atoms with E-state index in [0.29, 0.717) is 22.2 Å². The van der Waals surface area contributed by atoms with Crippen LogP contribution in [0.4, 0.5) is 0 Å². The molecule has 3 aromatic heterocycles. The van der Waals surface area contributed by atoms with E-state index in [1.807, 2.05) is 0 Å². The summed E-state index contributed by atoms with van der Waals surface area (Å²) in [5.74, 6) is -3.16. The quantitative estimate of drug-likeness (QED) is 0.245. The summed E-state index contributed by atoms with van der Waals surface area (Å²) in [7, 11) is 1.58. The van der Waals surface area contributed by atoms with Crippen LogP contribution in [-0.4, -0.2) is 46.9 Å². The molecule has 0 unspecified atom stereocenters. The highest BCUT2D eigenvalue weighted by molar-refractivity contribution is 5.98. The van der Waals surface area contributed by atoms with Crippen LogP contribution < -0.4 is 16.4 Å². The Balaban J connectivity index is 1.37. The first kappa shape index (κ1) is 25.2. The molecule has 0 aliphatic rings. The minimum absolute atomic E-state index is 0.00760. The van der Waals surface area contributed by atoms with Crippen LogP contribution in [0.2, 0.25) is 0 Å². The van der Waals surface area contributed by atoms with Gasteiger partial charge in [-0.25, -0.2) is 14.6 Å². The number of carboxylic acids is 1. The fourth-order valence-corrected chi connectivity index (χ4v) is 4.07. The summed E-state index contributed by atoms with van der Waals surface area (Å²) >= 11 is 0. The van der Waals surface area contributed by atoms with Gasteiger partial charge in [0.05, 0.1) is 23.3 Å². The van der Waals surface area contributed by atoms with Gasteiger partial charge in [-0.1, -0.05) is 18.2 Å². The summed E-state index contributed by atoms with van der Waals surface area (Å²) in [6.07, 6.45) is 1.21. The first-order chi connectivity index (χ1) is 18.6. The van der Waals surface area contributed by atoms with Crippen molar-refractivity contribution in [3.05, 3.63) is 93.4 Å². The summed E-state index contributed by atoms with van der Waals surface area (Å²) in [6.45, 7) is 1.82. The van der Waals surface area contributed by atoms with Crippen molar-refractivity contribution in [2.45, 2.75) is 19.5 Å². The molecule has 4 N–H and O–H groups in total. The smallest absolute Gasteiger partial charge is 0.419 e. The van der Waals surface area contributed by atoms with Crippen LogP contribution in [0, 0.1) is 0 Å². The van der Waals surface area contributed by atoms with Crippen LogP contribution in [0.5, 0.6) is 5.88 Å². The maximum atomic E-state index is 13.2. The summed E-state index contributed by atoms with van der Waals surface area (Å²) in [6, 6.07) is 11.9. The highest BCUT2D eigenvalue weighted by atomic mass is 16.4. The molecule has 13 heteroatoms. The Kier molecular flexibility index (Phi) is 6.32. The molecular weight excluding hydrogens is 508 g/mol. The number of aryl methyl sites for hydroxylation is 1. The van der Waals surface area contributed by atoms with Crippen molar-refractivity contribution in [2.75, 3.05) is 0 Å². The minimum atomic E-state index is -1.06. The van der Waals surface area contributed by atoms with Gasteiger partial charge in [0.25, 0.3) is 11.8 Å². The fraction of sp³-hybridized carbons (Fsp3) is 0.154. The lowest BCUT2D eigenvalue weighted by molar-refractivity contribution is 0.0696. The molecule has 3 heterocycles. The predicted octanol–water partition coefficient (Wildman–Crippen LogP) is 2.00. The number of amides is 2. The van der Waals surface area contributed by atoms with Gasteiger partial charge in [0, 0.05) is 13.6 Å². The van der Waals surface area contributed by atoms with E-state index in [1.54, 1.807) is 44.3 Å². The van der Waals surface area contributed by atoms with Gasteiger partial charge in [-0.05, 0) is 48.4 Å². The van der Waals surface area contributed by atoms with Crippen LogP contribution in [0.15, 0.2) is 63.9 Å².